The van der Waals surface area contributed by atoms with Gasteiger partial charge >= 0.3 is 0 Å². The van der Waals surface area contributed by atoms with Gasteiger partial charge in [-0.2, -0.15) is 0 Å². The fraction of sp³-hybridized carbons (Fsp3) is 0.273. The number of nitrogens with one attached hydrogen (secondary N) is 1. The molecule has 0 radical (unpaired) electrons. The molecule has 146 valence electrons. The van der Waals surface area contributed by atoms with Gasteiger partial charge < -0.3 is 19.4 Å². The molecule has 1 heterocycles. The maximum Gasteiger partial charge on any atom is 0.253 e. The molecule has 1 amide bonds. The molecule has 6 nitrogen and oxygen atoms in total. The fourth-order valence-corrected chi connectivity index (χ4v) is 3.26. The fourth-order valence-electron chi connectivity index (χ4n) is 3.26. The molecular weight excluding hydrogens is 356 g/mol. The van der Waals surface area contributed by atoms with E-state index in [9.17, 15) is 9.59 Å². The van der Waals surface area contributed by atoms with Crippen LogP contribution in [0.15, 0.2) is 47.3 Å². The van der Waals surface area contributed by atoms with Crippen molar-refractivity contribution in [1.29, 1.82) is 0 Å². The second-order valence-corrected chi connectivity index (χ2v) is 6.78. The van der Waals surface area contributed by atoms with Gasteiger partial charge in [-0.05, 0) is 49.7 Å². The summed E-state index contributed by atoms with van der Waals surface area (Å²) in [7, 11) is 3.08. The van der Waals surface area contributed by atoms with Crippen LogP contribution in [-0.4, -0.2) is 31.7 Å². The van der Waals surface area contributed by atoms with Gasteiger partial charge in [0, 0.05) is 29.3 Å². The number of anilines is 1. The van der Waals surface area contributed by atoms with E-state index in [0.717, 1.165) is 27.7 Å². The van der Waals surface area contributed by atoms with Gasteiger partial charge in [0.25, 0.3) is 11.5 Å². The molecule has 3 aromatic rings. The van der Waals surface area contributed by atoms with E-state index in [1.165, 1.54) is 7.11 Å². The zero-order valence-corrected chi connectivity index (χ0v) is 16.5. The van der Waals surface area contributed by atoms with Crippen molar-refractivity contribution in [2.45, 2.75) is 20.4 Å². The highest BCUT2D eigenvalue weighted by atomic mass is 16.5. The van der Waals surface area contributed by atoms with E-state index in [-0.39, 0.29) is 24.6 Å². The van der Waals surface area contributed by atoms with Crippen LogP contribution < -0.4 is 15.2 Å². The lowest BCUT2D eigenvalue weighted by Crippen LogP contribution is -2.35. The number of carbonyl (C=O) groups is 1. The zero-order chi connectivity index (χ0) is 20.3. The Bertz CT molecular complexity index is 1070. The largest absolute Gasteiger partial charge is 0.497 e. The lowest BCUT2D eigenvalue weighted by atomic mass is 10.1. The number of hydrogen-bond acceptors (Lipinski definition) is 4. The summed E-state index contributed by atoms with van der Waals surface area (Å²) in [6.07, 6.45) is 0. The molecular formula is C22H24N2O4. The van der Waals surface area contributed by atoms with Gasteiger partial charge in [0.2, 0.25) is 0 Å². The topological polar surface area (TPSA) is 71.6 Å². The third-order valence-electron chi connectivity index (χ3n) is 4.67. The molecule has 6 heteroatoms. The van der Waals surface area contributed by atoms with Crippen LogP contribution in [0, 0.1) is 13.8 Å². The van der Waals surface area contributed by atoms with Crippen LogP contribution in [0.25, 0.3) is 10.9 Å². The van der Waals surface area contributed by atoms with Crippen molar-refractivity contribution >= 4 is 22.5 Å². The molecule has 0 bridgehead atoms. The average molecular weight is 380 g/mol. The number of aryl methyl sites for hydroxylation is 2. The molecule has 1 N–H and O–H groups in total. The summed E-state index contributed by atoms with van der Waals surface area (Å²) >= 11 is 0. The Morgan fingerprint density at radius 3 is 2.54 bits per heavy atom. The highest BCUT2D eigenvalue weighted by Gasteiger charge is 2.19. The first-order valence-corrected chi connectivity index (χ1v) is 8.99. The van der Waals surface area contributed by atoms with E-state index in [1.807, 2.05) is 38.1 Å². The Kier molecular flexibility index (Phi) is 5.80. The molecule has 0 unspecified atom stereocenters. The minimum atomic E-state index is -0.224. The average Bonchev–Trinajstić information content (AvgIpc) is 2.66. The number of carbonyl (C=O) groups excluding carboxylic acids is 1. The Balaban J connectivity index is 2.05. The summed E-state index contributed by atoms with van der Waals surface area (Å²) in [5.74, 6) is 0.492. The maximum atomic E-state index is 12.7. The normalized spacial score (nSPS) is 10.9. The number of fused-ring (bicyclic) bond motifs is 1. The number of methoxy groups -OCH3 is 2. The van der Waals surface area contributed by atoms with Crippen LogP contribution in [0.4, 0.5) is 5.69 Å². The van der Waals surface area contributed by atoms with Crippen molar-refractivity contribution in [3.05, 3.63) is 69.5 Å². The van der Waals surface area contributed by atoms with Gasteiger partial charge in [-0.25, -0.2) is 0 Å². The molecule has 2 aromatic carbocycles. The molecule has 0 fully saturated rings. The van der Waals surface area contributed by atoms with Gasteiger partial charge in [-0.15, -0.1) is 0 Å². The van der Waals surface area contributed by atoms with Gasteiger partial charge in [-0.3, -0.25) is 9.59 Å². The number of aromatic nitrogens is 1. The molecule has 0 spiro atoms. The minimum absolute atomic E-state index is 0.0629. The Labute approximate surface area is 163 Å². The second-order valence-electron chi connectivity index (χ2n) is 6.78. The van der Waals surface area contributed by atoms with Crippen molar-refractivity contribution in [3.8, 4) is 5.75 Å². The maximum absolute atomic E-state index is 12.7. The summed E-state index contributed by atoms with van der Waals surface area (Å²) in [5.41, 5.74) is 3.82. The molecule has 0 aliphatic carbocycles. The summed E-state index contributed by atoms with van der Waals surface area (Å²) in [5, 5.41) is 0.841. The lowest BCUT2D eigenvalue weighted by molar-refractivity contribution is -0.122. The smallest absolute Gasteiger partial charge is 0.253 e. The number of benzene rings is 2. The quantitative estimate of drug-likeness (QED) is 0.712. The number of nitrogens with zero attached hydrogens (tertiary/aromatic N) is 1. The highest BCUT2D eigenvalue weighted by molar-refractivity contribution is 5.95. The Morgan fingerprint density at radius 1 is 1.07 bits per heavy atom. The molecule has 1 aromatic heterocycles. The third-order valence-corrected chi connectivity index (χ3v) is 4.67. The van der Waals surface area contributed by atoms with E-state index in [0.29, 0.717) is 11.3 Å². The number of aromatic amines is 1. The number of rotatable bonds is 6. The van der Waals surface area contributed by atoms with E-state index in [4.69, 9.17) is 9.47 Å². The molecule has 3 rings (SSSR count). The van der Waals surface area contributed by atoms with Crippen LogP contribution >= 0.6 is 0 Å². The number of H-pyrrole nitrogens is 1. The molecule has 0 saturated heterocycles. The van der Waals surface area contributed by atoms with Gasteiger partial charge in [0.15, 0.2) is 0 Å². The van der Waals surface area contributed by atoms with Crippen molar-refractivity contribution in [2.75, 3.05) is 25.7 Å². The van der Waals surface area contributed by atoms with E-state index in [1.54, 1.807) is 30.2 Å². The highest BCUT2D eigenvalue weighted by Crippen LogP contribution is 2.24. The molecule has 28 heavy (non-hydrogen) atoms. The molecule has 0 aliphatic rings. The van der Waals surface area contributed by atoms with Crippen molar-refractivity contribution < 1.29 is 14.3 Å². The van der Waals surface area contributed by atoms with Crippen LogP contribution in [0.3, 0.4) is 0 Å². The van der Waals surface area contributed by atoms with E-state index < -0.39 is 0 Å². The predicted octanol–water partition coefficient (Wildman–Crippen LogP) is 3.33. The van der Waals surface area contributed by atoms with Crippen LogP contribution in [0.2, 0.25) is 0 Å². The third kappa shape index (κ3) is 4.07. The molecule has 0 saturated carbocycles. The molecule has 0 atom stereocenters. The second kappa shape index (κ2) is 8.27. The summed E-state index contributed by atoms with van der Waals surface area (Å²) in [4.78, 5) is 29.8. The van der Waals surface area contributed by atoms with E-state index >= 15 is 0 Å². The first kappa shape index (κ1) is 19.6. The number of ether oxygens (including phenoxy) is 2. The van der Waals surface area contributed by atoms with Crippen molar-refractivity contribution in [3.63, 3.8) is 0 Å². The lowest BCUT2D eigenvalue weighted by Gasteiger charge is -2.24. The van der Waals surface area contributed by atoms with E-state index in [2.05, 4.69) is 4.98 Å². The number of amides is 1. The number of hydrogen-bond donors (Lipinski definition) is 1. The van der Waals surface area contributed by atoms with Crippen molar-refractivity contribution in [2.24, 2.45) is 0 Å². The standard InChI is InChI=1S/C22H24N2O4/c1-14-5-8-20(15(2)9-14)24(21(25)13-27-3)12-17-10-16-11-18(28-4)6-7-19(16)23-22(17)26/h5-11H,12-13H2,1-4H3,(H,23,26). The summed E-state index contributed by atoms with van der Waals surface area (Å²) < 4.78 is 10.3. The Hall–Kier alpha value is -3.12. The summed E-state index contributed by atoms with van der Waals surface area (Å²) in [6, 6.07) is 13.1. The summed E-state index contributed by atoms with van der Waals surface area (Å²) in [6.45, 7) is 4.03. The zero-order valence-electron chi connectivity index (χ0n) is 16.5. The van der Waals surface area contributed by atoms with Crippen LogP contribution in [0.1, 0.15) is 16.7 Å². The number of pyridine rings is 1. The van der Waals surface area contributed by atoms with Gasteiger partial charge in [-0.1, -0.05) is 17.7 Å². The van der Waals surface area contributed by atoms with Gasteiger partial charge in [0.1, 0.15) is 12.4 Å². The Morgan fingerprint density at radius 2 is 1.86 bits per heavy atom. The molecule has 0 aliphatic heterocycles. The SMILES string of the molecule is COCC(=O)N(Cc1cc2cc(OC)ccc2[nH]c1=O)c1ccc(C)cc1C. The van der Waals surface area contributed by atoms with Crippen molar-refractivity contribution in [1.82, 2.24) is 4.98 Å². The van der Waals surface area contributed by atoms with Crippen LogP contribution in [0.5, 0.6) is 5.75 Å². The minimum Gasteiger partial charge on any atom is -0.497 e. The predicted molar refractivity (Wildman–Crippen MR) is 110 cm³/mol. The van der Waals surface area contributed by atoms with Gasteiger partial charge in [0.05, 0.1) is 13.7 Å². The first-order chi connectivity index (χ1) is 13.4. The van der Waals surface area contributed by atoms with Crippen LogP contribution in [-0.2, 0) is 16.1 Å². The first-order valence-electron chi connectivity index (χ1n) is 8.99. The monoisotopic (exact) mass is 380 g/mol.